The maximum atomic E-state index is 13.6. The summed E-state index contributed by atoms with van der Waals surface area (Å²) in [6, 6.07) is 12.7. The molecule has 158 valence electrons. The molecule has 0 saturated heterocycles. The third-order valence-electron chi connectivity index (χ3n) is 4.62. The average molecular weight is 428 g/mol. The molecule has 0 fully saturated rings. The number of aromatic nitrogens is 2. The third-order valence-corrected chi connectivity index (χ3v) is 4.62. The van der Waals surface area contributed by atoms with Gasteiger partial charge in [-0.05, 0) is 48.5 Å². The molecular formula is C22H16F4N4O. The van der Waals surface area contributed by atoms with Crippen molar-refractivity contribution in [3.63, 3.8) is 0 Å². The zero-order chi connectivity index (χ0) is 22.0. The molecule has 2 heterocycles. The lowest BCUT2D eigenvalue weighted by Crippen LogP contribution is -2.11. The van der Waals surface area contributed by atoms with Gasteiger partial charge in [0, 0.05) is 23.5 Å². The molecule has 0 bridgehead atoms. The summed E-state index contributed by atoms with van der Waals surface area (Å²) < 4.78 is 54.1. The fourth-order valence-corrected chi connectivity index (χ4v) is 3.14. The van der Waals surface area contributed by atoms with E-state index in [1.165, 1.54) is 36.5 Å². The van der Waals surface area contributed by atoms with E-state index in [4.69, 9.17) is 0 Å². The first-order valence-corrected chi connectivity index (χ1v) is 9.20. The summed E-state index contributed by atoms with van der Waals surface area (Å²) in [4.78, 5) is 10.8. The highest BCUT2D eigenvalue weighted by Gasteiger charge is 2.33. The summed E-state index contributed by atoms with van der Waals surface area (Å²) in [6.45, 7) is 0.131. The summed E-state index contributed by atoms with van der Waals surface area (Å²) in [5.41, 5.74) is 0.284. The molecule has 0 unspecified atom stereocenters. The van der Waals surface area contributed by atoms with E-state index in [9.17, 15) is 22.7 Å². The van der Waals surface area contributed by atoms with Crippen LogP contribution in [-0.2, 0) is 12.7 Å². The minimum atomic E-state index is -4.60. The van der Waals surface area contributed by atoms with Gasteiger partial charge in [-0.1, -0.05) is 6.07 Å². The Morgan fingerprint density at radius 1 is 1.10 bits per heavy atom. The van der Waals surface area contributed by atoms with Crippen LogP contribution in [0.3, 0.4) is 0 Å². The zero-order valence-electron chi connectivity index (χ0n) is 15.9. The van der Waals surface area contributed by atoms with Crippen molar-refractivity contribution in [2.45, 2.75) is 12.7 Å². The SMILES string of the molecule is Oc1[nH]c2cc(F)ccc2c1C=Nc1ccc(NCc2ccccn2)c(C(F)(F)F)c1. The van der Waals surface area contributed by atoms with Gasteiger partial charge in [0.1, 0.15) is 5.82 Å². The van der Waals surface area contributed by atoms with E-state index in [2.05, 4.69) is 20.3 Å². The predicted molar refractivity (Wildman–Crippen MR) is 110 cm³/mol. The molecule has 0 spiro atoms. The number of hydrogen-bond acceptors (Lipinski definition) is 4. The number of nitrogens with one attached hydrogen (secondary N) is 2. The van der Waals surface area contributed by atoms with Crippen LogP contribution < -0.4 is 5.32 Å². The fraction of sp³-hybridized carbons (Fsp3) is 0.0909. The molecular weight excluding hydrogens is 412 g/mol. The Morgan fingerprint density at radius 2 is 1.94 bits per heavy atom. The van der Waals surface area contributed by atoms with Crippen molar-refractivity contribution < 1.29 is 22.7 Å². The second kappa shape index (κ2) is 8.10. The molecule has 9 heteroatoms. The second-order valence-electron chi connectivity index (χ2n) is 6.74. The number of anilines is 1. The number of alkyl halides is 3. The highest BCUT2D eigenvalue weighted by Crippen LogP contribution is 2.37. The van der Waals surface area contributed by atoms with Gasteiger partial charge < -0.3 is 15.4 Å². The first-order chi connectivity index (χ1) is 14.8. The maximum absolute atomic E-state index is 13.6. The fourth-order valence-electron chi connectivity index (χ4n) is 3.14. The number of rotatable bonds is 5. The van der Waals surface area contributed by atoms with Gasteiger partial charge in [-0.15, -0.1) is 0 Å². The van der Waals surface area contributed by atoms with Crippen LogP contribution in [0.5, 0.6) is 5.88 Å². The summed E-state index contributed by atoms with van der Waals surface area (Å²) in [7, 11) is 0. The number of aromatic amines is 1. The van der Waals surface area contributed by atoms with Crippen molar-refractivity contribution in [3.05, 3.63) is 83.4 Å². The lowest BCUT2D eigenvalue weighted by atomic mass is 10.1. The van der Waals surface area contributed by atoms with Gasteiger partial charge >= 0.3 is 6.18 Å². The summed E-state index contributed by atoms with van der Waals surface area (Å²) in [6.07, 6.45) is -1.80. The predicted octanol–water partition coefficient (Wildman–Crippen LogP) is 5.79. The Hall–Kier alpha value is -3.88. The second-order valence-corrected chi connectivity index (χ2v) is 6.74. The Balaban J connectivity index is 1.63. The van der Waals surface area contributed by atoms with E-state index >= 15 is 0 Å². The lowest BCUT2D eigenvalue weighted by molar-refractivity contribution is -0.136. The number of H-pyrrole nitrogens is 1. The van der Waals surface area contributed by atoms with Crippen molar-refractivity contribution in [3.8, 4) is 5.88 Å². The van der Waals surface area contributed by atoms with Crippen LogP contribution in [0.15, 0.2) is 65.8 Å². The Kier molecular flexibility index (Phi) is 5.33. The van der Waals surface area contributed by atoms with Crippen molar-refractivity contribution in [2.24, 2.45) is 4.99 Å². The standard InChI is InChI=1S/C22H16F4N4O/c23-13-4-6-16-17(21(31)30-20(16)9-13)12-28-14-5-7-19(18(10-14)22(24,25)26)29-11-15-3-1-2-8-27-15/h1-10,12,29-31H,11H2. The molecule has 0 aliphatic heterocycles. The molecule has 0 aliphatic carbocycles. The Labute approximate surface area is 174 Å². The largest absolute Gasteiger partial charge is 0.494 e. The number of aromatic hydroxyl groups is 1. The van der Waals surface area contributed by atoms with Crippen LogP contribution in [0, 0.1) is 5.82 Å². The van der Waals surface area contributed by atoms with E-state index in [-0.39, 0.29) is 29.4 Å². The first-order valence-electron chi connectivity index (χ1n) is 9.20. The van der Waals surface area contributed by atoms with E-state index in [0.29, 0.717) is 16.6 Å². The van der Waals surface area contributed by atoms with Crippen LogP contribution in [0.1, 0.15) is 16.8 Å². The van der Waals surface area contributed by atoms with E-state index in [1.54, 1.807) is 24.4 Å². The van der Waals surface area contributed by atoms with Crippen molar-refractivity contribution >= 4 is 28.5 Å². The molecule has 5 nitrogen and oxygen atoms in total. The molecule has 0 aliphatic rings. The number of hydrogen-bond donors (Lipinski definition) is 3. The molecule has 4 aromatic rings. The van der Waals surface area contributed by atoms with E-state index < -0.39 is 17.6 Å². The summed E-state index contributed by atoms with van der Waals surface area (Å²) in [5, 5.41) is 13.3. The zero-order valence-corrected chi connectivity index (χ0v) is 15.9. The van der Waals surface area contributed by atoms with Crippen molar-refractivity contribution in [1.82, 2.24) is 9.97 Å². The third kappa shape index (κ3) is 4.50. The van der Waals surface area contributed by atoms with E-state index in [1.807, 2.05) is 0 Å². The molecule has 0 amide bonds. The van der Waals surface area contributed by atoms with Crippen LogP contribution >= 0.6 is 0 Å². The normalized spacial score (nSPS) is 12.0. The van der Waals surface area contributed by atoms with Gasteiger partial charge in [0.15, 0.2) is 5.88 Å². The van der Waals surface area contributed by atoms with E-state index in [0.717, 1.165) is 6.07 Å². The molecule has 2 aromatic heterocycles. The number of aliphatic imine (C=N–C) groups is 1. The average Bonchev–Trinajstić information content (AvgIpc) is 3.05. The molecule has 2 aromatic carbocycles. The van der Waals surface area contributed by atoms with Gasteiger partial charge in [0.05, 0.1) is 34.6 Å². The van der Waals surface area contributed by atoms with Crippen LogP contribution in [0.4, 0.5) is 28.9 Å². The quantitative estimate of drug-likeness (QED) is 0.278. The monoisotopic (exact) mass is 428 g/mol. The molecule has 0 saturated carbocycles. The van der Waals surface area contributed by atoms with Gasteiger partial charge in [-0.2, -0.15) is 13.2 Å². The minimum Gasteiger partial charge on any atom is -0.494 e. The summed E-state index contributed by atoms with van der Waals surface area (Å²) in [5.74, 6) is -0.741. The topological polar surface area (TPSA) is 73.3 Å². The molecule has 0 atom stereocenters. The Bertz CT molecular complexity index is 1250. The highest BCUT2D eigenvalue weighted by molar-refractivity contribution is 6.02. The molecule has 0 radical (unpaired) electrons. The number of halogens is 4. The van der Waals surface area contributed by atoms with Gasteiger partial charge in [-0.25, -0.2) is 4.39 Å². The van der Waals surface area contributed by atoms with Gasteiger partial charge in [0.2, 0.25) is 0 Å². The van der Waals surface area contributed by atoms with Crippen LogP contribution in [0.2, 0.25) is 0 Å². The lowest BCUT2D eigenvalue weighted by Gasteiger charge is -2.15. The number of fused-ring (bicyclic) bond motifs is 1. The maximum Gasteiger partial charge on any atom is 0.418 e. The smallest absolute Gasteiger partial charge is 0.418 e. The molecule has 3 N–H and O–H groups in total. The summed E-state index contributed by atoms with van der Waals surface area (Å²) >= 11 is 0. The number of benzene rings is 2. The molecule has 4 rings (SSSR count). The number of nitrogens with zero attached hydrogens (tertiary/aromatic N) is 2. The highest BCUT2D eigenvalue weighted by atomic mass is 19.4. The van der Waals surface area contributed by atoms with Gasteiger partial charge in [0.25, 0.3) is 0 Å². The van der Waals surface area contributed by atoms with Crippen LogP contribution in [-0.4, -0.2) is 21.3 Å². The van der Waals surface area contributed by atoms with Crippen molar-refractivity contribution in [1.29, 1.82) is 0 Å². The Morgan fingerprint density at radius 3 is 2.68 bits per heavy atom. The van der Waals surface area contributed by atoms with Crippen molar-refractivity contribution in [2.75, 3.05) is 5.32 Å². The first kappa shape index (κ1) is 20.4. The van der Waals surface area contributed by atoms with Crippen LogP contribution in [0.25, 0.3) is 10.9 Å². The number of pyridine rings is 1. The minimum absolute atomic E-state index is 0.0478. The molecule has 31 heavy (non-hydrogen) atoms. The van der Waals surface area contributed by atoms with Gasteiger partial charge in [-0.3, -0.25) is 9.98 Å².